The normalized spacial score (nSPS) is 42.9. The van der Waals surface area contributed by atoms with Crippen LogP contribution < -0.4 is 5.32 Å². The molecule has 0 amide bonds. The molecule has 1 heterocycles. The average molecular weight is 295 g/mol. The predicted octanol–water partition coefficient (Wildman–Crippen LogP) is 4.60. The van der Waals surface area contributed by atoms with Gasteiger partial charge in [0.05, 0.1) is 6.04 Å². The van der Waals surface area contributed by atoms with Crippen molar-refractivity contribution in [3.05, 3.63) is 0 Å². The number of nitrogens with one attached hydrogen (secondary N) is 1. The summed E-state index contributed by atoms with van der Waals surface area (Å²) in [6.07, 6.45) is 10.8. The second-order valence-corrected chi connectivity index (χ2v) is 9.02. The Bertz CT molecular complexity index is 380. The van der Waals surface area contributed by atoms with E-state index >= 15 is 0 Å². The maximum atomic E-state index is 5.12. The largest absolute Gasteiger partial charge is 0.359 e. The van der Waals surface area contributed by atoms with Crippen LogP contribution in [0.4, 0.5) is 0 Å². The summed E-state index contributed by atoms with van der Waals surface area (Å²) in [6, 6.07) is 0.531. The summed E-state index contributed by atoms with van der Waals surface area (Å²) in [5.41, 5.74) is 0.777. The molecule has 0 aromatic carbocycles. The molecule has 1 unspecified atom stereocenters. The molecule has 1 atom stereocenters. The molecule has 1 spiro atoms. The van der Waals surface area contributed by atoms with Crippen LogP contribution in [0, 0.1) is 11.3 Å². The van der Waals surface area contributed by atoms with Crippen molar-refractivity contribution in [2.45, 2.75) is 83.7 Å². The SMILES string of the molecule is CC1CCC2(CC1)CSC(=NC1CCCCC1(C)C)N2. The molecule has 2 saturated carbocycles. The molecule has 2 aliphatic carbocycles. The molecule has 3 heteroatoms. The maximum absolute atomic E-state index is 5.12. The highest BCUT2D eigenvalue weighted by Crippen LogP contribution is 2.41. The Morgan fingerprint density at radius 2 is 1.85 bits per heavy atom. The van der Waals surface area contributed by atoms with Crippen LogP contribution in [0.25, 0.3) is 0 Å². The molecular formula is C17H30N2S. The lowest BCUT2D eigenvalue weighted by molar-refractivity contribution is 0.203. The van der Waals surface area contributed by atoms with E-state index < -0.39 is 0 Å². The van der Waals surface area contributed by atoms with E-state index in [0.29, 0.717) is 17.0 Å². The number of aliphatic imine (C=N–C) groups is 1. The van der Waals surface area contributed by atoms with Gasteiger partial charge >= 0.3 is 0 Å². The van der Waals surface area contributed by atoms with Gasteiger partial charge in [0.15, 0.2) is 5.17 Å². The van der Waals surface area contributed by atoms with Crippen molar-refractivity contribution in [3.63, 3.8) is 0 Å². The van der Waals surface area contributed by atoms with E-state index in [-0.39, 0.29) is 0 Å². The standard InChI is InChI=1S/C17H30N2S/c1-13-7-10-17(11-8-13)12-20-15(19-17)18-14-6-4-5-9-16(14,2)3/h13-14H,4-12H2,1-3H3,(H,18,19). The van der Waals surface area contributed by atoms with E-state index in [2.05, 4.69) is 26.1 Å². The first kappa shape index (κ1) is 14.7. The Hall–Kier alpha value is -0.180. The van der Waals surface area contributed by atoms with Crippen LogP contribution in [0.5, 0.6) is 0 Å². The van der Waals surface area contributed by atoms with E-state index in [1.165, 1.54) is 62.3 Å². The van der Waals surface area contributed by atoms with Crippen LogP contribution in [0.3, 0.4) is 0 Å². The van der Waals surface area contributed by atoms with Gasteiger partial charge in [-0.05, 0) is 49.9 Å². The van der Waals surface area contributed by atoms with Gasteiger partial charge in [0.25, 0.3) is 0 Å². The van der Waals surface area contributed by atoms with Gasteiger partial charge in [-0.1, -0.05) is 45.4 Å². The second kappa shape index (κ2) is 5.55. The second-order valence-electron chi connectivity index (χ2n) is 8.06. The summed E-state index contributed by atoms with van der Waals surface area (Å²) in [7, 11) is 0. The van der Waals surface area contributed by atoms with Crippen LogP contribution >= 0.6 is 11.8 Å². The lowest BCUT2D eigenvalue weighted by atomic mass is 9.73. The fraction of sp³-hybridized carbons (Fsp3) is 0.941. The van der Waals surface area contributed by atoms with Gasteiger partial charge in [0.1, 0.15) is 0 Å². The molecule has 3 aliphatic rings. The lowest BCUT2D eigenvalue weighted by Gasteiger charge is -2.37. The fourth-order valence-corrected chi connectivity index (χ4v) is 5.28. The van der Waals surface area contributed by atoms with E-state index in [0.717, 1.165) is 5.92 Å². The minimum Gasteiger partial charge on any atom is -0.359 e. The highest BCUT2D eigenvalue weighted by atomic mass is 32.2. The third kappa shape index (κ3) is 3.03. The predicted molar refractivity (Wildman–Crippen MR) is 89.4 cm³/mol. The number of nitrogens with zero attached hydrogens (tertiary/aromatic N) is 1. The number of rotatable bonds is 1. The summed E-state index contributed by atoms with van der Waals surface area (Å²) in [4.78, 5) is 5.12. The van der Waals surface area contributed by atoms with E-state index in [9.17, 15) is 0 Å². The summed E-state index contributed by atoms with van der Waals surface area (Å²) in [6.45, 7) is 7.20. The maximum Gasteiger partial charge on any atom is 0.157 e. The average Bonchev–Trinajstić information content (AvgIpc) is 2.79. The molecule has 1 saturated heterocycles. The van der Waals surface area contributed by atoms with Crippen LogP contribution in [-0.2, 0) is 0 Å². The van der Waals surface area contributed by atoms with Crippen LogP contribution in [0.15, 0.2) is 4.99 Å². The van der Waals surface area contributed by atoms with Crippen LogP contribution in [0.2, 0.25) is 0 Å². The van der Waals surface area contributed by atoms with Crippen molar-refractivity contribution in [3.8, 4) is 0 Å². The van der Waals surface area contributed by atoms with Crippen molar-refractivity contribution in [2.24, 2.45) is 16.3 Å². The van der Waals surface area contributed by atoms with Gasteiger partial charge in [-0.15, -0.1) is 0 Å². The number of hydrogen-bond donors (Lipinski definition) is 1. The van der Waals surface area contributed by atoms with Gasteiger partial charge in [0, 0.05) is 11.3 Å². The van der Waals surface area contributed by atoms with Gasteiger partial charge in [-0.25, -0.2) is 0 Å². The zero-order valence-corrected chi connectivity index (χ0v) is 14.2. The first-order valence-electron chi connectivity index (χ1n) is 8.48. The number of thioether (sulfide) groups is 1. The topological polar surface area (TPSA) is 24.4 Å². The molecule has 0 aromatic rings. The van der Waals surface area contributed by atoms with Gasteiger partial charge in [-0.2, -0.15) is 0 Å². The minimum absolute atomic E-state index is 0.384. The zero-order valence-electron chi connectivity index (χ0n) is 13.4. The molecule has 114 valence electrons. The van der Waals surface area contributed by atoms with Crippen molar-refractivity contribution in [2.75, 3.05) is 5.75 Å². The van der Waals surface area contributed by atoms with Crippen LogP contribution in [-0.4, -0.2) is 22.5 Å². The Kier molecular flexibility index (Phi) is 4.09. The lowest BCUT2D eigenvalue weighted by Crippen LogP contribution is -2.46. The molecule has 1 N–H and O–H groups in total. The quantitative estimate of drug-likeness (QED) is 0.764. The number of hydrogen-bond acceptors (Lipinski definition) is 2. The third-order valence-electron chi connectivity index (χ3n) is 5.81. The Balaban J connectivity index is 1.66. The molecule has 3 fully saturated rings. The first-order valence-corrected chi connectivity index (χ1v) is 9.47. The summed E-state index contributed by atoms with van der Waals surface area (Å²) < 4.78 is 0. The van der Waals surface area contributed by atoms with Gasteiger partial charge in [0.2, 0.25) is 0 Å². The van der Waals surface area contributed by atoms with Gasteiger partial charge < -0.3 is 5.32 Å². The molecule has 20 heavy (non-hydrogen) atoms. The monoisotopic (exact) mass is 294 g/mol. The van der Waals surface area contributed by atoms with Crippen molar-refractivity contribution in [1.29, 1.82) is 0 Å². The molecule has 0 radical (unpaired) electrons. The Morgan fingerprint density at radius 3 is 2.55 bits per heavy atom. The van der Waals surface area contributed by atoms with Crippen molar-refractivity contribution >= 4 is 16.9 Å². The van der Waals surface area contributed by atoms with Gasteiger partial charge in [-0.3, -0.25) is 4.99 Å². The smallest absolute Gasteiger partial charge is 0.157 e. The molecular weight excluding hydrogens is 264 g/mol. The molecule has 3 rings (SSSR count). The highest BCUT2D eigenvalue weighted by molar-refractivity contribution is 8.14. The number of amidine groups is 1. The Morgan fingerprint density at radius 1 is 1.10 bits per heavy atom. The molecule has 2 nitrogen and oxygen atoms in total. The summed E-state index contributed by atoms with van der Waals surface area (Å²) in [5.74, 6) is 2.16. The zero-order chi connectivity index (χ0) is 14.2. The molecule has 1 aliphatic heterocycles. The minimum atomic E-state index is 0.384. The summed E-state index contributed by atoms with van der Waals surface area (Å²) >= 11 is 1.98. The van der Waals surface area contributed by atoms with E-state index in [1.54, 1.807) is 0 Å². The van der Waals surface area contributed by atoms with E-state index in [1.807, 2.05) is 11.8 Å². The van der Waals surface area contributed by atoms with Crippen molar-refractivity contribution in [1.82, 2.24) is 5.32 Å². The highest BCUT2D eigenvalue weighted by Gasteiger charge is 2.40. The Labute approximate surface area is 128 Å². The fourth-order valence-electron chi connectivity index (χ4n) is 4.02. The van der Waals surface area contributed by atoms with E-state index in [4.69, 9.17) is 4.99 Å². The first-order chi connectivity index (χ1) is 9.49. The third-order valence-corrected chi connectivity index (χ3v) is 6.99. The summed E-state index contributed by atoms with van der Waals surface area (Å²) in [5, 5.41) is 5.07. The van der Waals surface area contributed by atoms with Crippen molar-refractivity contribution < 1.29 is 0 Å². The van der Waals surface area contributed by atoms with Crippen LogP contribution in [0.1, 0.15) is 72.1 Å². The molecule has 0 bridgehead atoms. The molecule has 0 aromatic heterocycles.